The highest BCUT2D eigenvalue weighted by molar-refractivity contribution is 8.18. The Balaban J connectivity index is 1.90. The maximum Gasteiger partial charge on any atom is 0.293 e. The number of aromatic nitrogens is 1. The molecule has 25 heavy (non-hydrogen) atoms. The Morgan fingerprint density at radius 1 is 1.16 bits per heavy atom. The van der Waals surface area contributed by atoms with Crippen LogP contribution in [-0.4, -0.2) is 33.8 Å². The maximum absolute atomic E-state index is 12.4. The molecule has 0 spiro atoms. The summed E-state index contributed by atoms with van der Waals surface area (Å²) in [5.41, 5.74) is 2.94. The number of aryl methyl sites for hydroxylation is 1. The standard InChI is InChI=1S/C19H20N2O3S/c1-12(2)21-18(22)17(25-19(21)23)10-14-9-13(3)20(11-14)15-5-7-16(24-4)8-6-15/h5-12H,1-4H3/b17-10+. The Hall–Kier alpha value is -2.47. The zero-order valence-electron chi connectivity index (χ0n) is 14.6. The Bertz CT molecular complexity index is 850. The van der Waals surface area contributed by atoms with Gasteiger partial charge in [-0.05, 0) is 74.5 Å². The molecule has 1 aliphatic rings. The van der Waals surface area contributed by atoms with Crippen molar-refractivity contribution in [3.05, 3.63) is 52.7 Å². The van der Waals surface area contributed by atoms with E-state index in [4.69, 9.17) is 4.74 Å². The zero-order valence-corrected chi connectivity index (χ0v) is 15.5. The highest BCUT2D eigenvalue weighted by Gasteiger charge is 2.36. The van der Waals surface area contributed by atoms with Crippen LogP contribution in [0.2, 0.25) is 0 Å². The van der Waals surface area contributed by atoms with Gasteiger partial charge in [0.2, 0.25) is 0 Å². The third-order valence-corrected chi connectivity index (χ3v) is 4.91. The predicted octanol–water partition coefficient (Wildman–Crippen LogP) is 4.24. The first-order valence-corrected chi connectivity index (χ1v) is 8.83. The van der Waals surface area contributed by atoms with E-state index in [2.05, 4.69) is 0 Å². The number of carbonyl (C=O) groups excluding carboxylic acids is 2. The van der Waals surface area contributed by atoms with Crippen molar-refractivity contribution in [2.75, 3.05) is 7.11 Å². The number of methoxy groups -OCH3 is 1. The summed E-state index contributed by atoms with van der Waals surface area (Å²) < 4.78 is 7.22. The average Bonchev–Trinajstić information content (AvgIpc) is 3.07. The molecule has 6 heteroatoms. The van der Waals surface area contributed by atoms with Crippen molar-refractivity contribution >= 4 is 29.0 Å². The number of rotatable bonds is 4. The van der Waals surface area contributed by atoms with Crippen LogP contribution in [-0.2, 0) is 4.79 Å². The van der Waals surface area contributed by atoms with E-state index >= 15 is 0 Å². The molecule has 2 amide bonds. The number of ether oxygens (including phenoxy) is 1. The monoisotopic (exact) mass is 356 g/mol. The van der Waals surface area contributed by atoms with Gasteiger partial charge in [0.05, 0.1) is 12.0 Å². The SMILES string of the molecule is COc1ccc(-n2cc(/C=C3/SC(=O)N(C(C)C)C3=O)cc2C)cc1. The van der Waals surface area contributed by atoms with Crippen LogP contribution in [0.5, 0.6) is 5.75 Å². The van der Waals surface area contributed by atoms with Crippen LogP contribution in [0.25, 0.3) is 11.8 Å². The molecule has 0 bridgehead atoms. The van der Waals surface area contributed by atoms with Gasteiger partial charge < -0.3 is 9.30 Å². The number of benzene rings is 1. The summed E-state index contributed by atoms with van der Waals surface area (Å²) in [5, 5.41) is -0.211. The van der Waals surface area contributed by atoms with Crippen LogP contribution < -0.4 is 4.74 Å². The molecule has 1 saturated heterocycles. The summed E-state index contributed by atoms with van der Waals surface area (Å²) >= 11 is 0.994. The Morgan fingerprint density at radius 2 is 1.84 bits per heavy atom. The van der Waals surface area contributed by atoms with Crippen molar-refractivity contribution in [1.29, 1.82) is 0 Å². The van der Waals surface area contributed by atoms with Crippen LogP contribution in [0, 0.1) is 6.92 Å². The summed E-state index contributed by atoms with van der Waals surface area (Å²) in [4.78, 5) is 26.1. The molecule has 0 unspecified atom stereocenters. The molecule has 130 valence electrons. The fourth-order valence-electron chi connectivity index (χ4n) is 2.78. The van der Waals surface area contributed by atoms with E-state index in [-0.39, 0.29) is 17.2 Å². The van der Waals surface area contributed by atoms with E-state index in [0.29, 0.717) is 4.91 Å². The average molecular weight is 356 g/mol. The van der Waals surface area contributed by atoms with Gasteiger partial charge in [0, 0.05) is 23.6 Å². The Kier molecular flexibility index (Phi) is 4.72. The van der Waals surface area contributed by atoms with Crippen LogP contribution in [0.3, 0.4) is 0 Å². The lowest BCUT2D eigenvalue weighted by molar-refractivity contribution is -0.123. The highest BCUT2D eigenvalue weighted by Crippen LogP contribution is 2.34. The number of hydrogen-bond donors (Lipinski definition) is 0. The predicted molar refractivity (Wildman–Crippen MR) is 100 cm³/mol. The lowest BCUT2D eigenvalue weighted by Gasteiger charge is -2.16. The number of amides is 2. The Labute approximate surface area is 151 Å². The van der Waals surface area contributed by atoms with Gasteiger partial charge in [0.25, 0.3) is 11.1 Å². The molecule has 0 saturated carbocycles. The number of carbonyl (C=O) groups is 2. The van der Waals surface area contributed by atoms with E-state index in [1.807, 2.05) is 61.9 Å². The molecule has 0 aliphatic carbocycles. The smallest absolute Gasteiger partial charge is 0.293 e. The van der Waals surface area contributed by atoms with E-state index in [1.54, 1.807) is 13.2 Å². The molecule has 0 N–H and O–H groups in total. The molecule has 0 atom stereocenters. The minimum atomic E-state index is -0.222. The van der Waals surface area contributed by atoms with Gasteiger partial charge in [0.15, 0.2) is 0 Å². The molecule has 1 aromatic carbocycles. The summed E-state index contributed by atoms with van der Waals surface area (Å²) in [7, 11) is 1.64. The first-order chi connectivity index (χ1) is 11.9. The molecule has 5 nitrogen and oxygen atoms in total. The number of thioether (sulfide) groups is 1. The Morgan fingerprint density at radius 3 is 2.40 bits per heavy atom. The maximum atomic E-state index is 12.4. The molecule has 1 aliphatic heterocycles. The number of hydrogen-bond acceptors (Lipinski definition) is 4. The van der Waals surface area contributed by atoms with Crippen molar-refractivity contribution in [3.8, 4) is 11.4 Å². The van der Waals surface area contributed by atoms with Crippen LogP contribution in [0.4, 0.5) is 4.79 Å². The van der Waals surface area contributed by atoms with Gasteiger partial charge in [-0.25, -0.2) is 0 Å². The molecular weight excluding hydrogens is 336 g/mol. The van der Waals surface area contributed by atoms with Crippen molar-refractivity contribution in [1.82, 2.24) is 9.47 Å². The summed E-state index contributed by atoms with van der Waals surface area (Å²) in [6.45, 7) is 5.68. The van der Waals surface area contributed by atoms with Crippen molar-refractivity contribution in [2.24, 2.45) is 0 Å². The first kappa shape index (κ1) is 17.4. The van der Waals surface area contributed by atoms with Gasteiger partial charge in [-0.3, -0.25) is 14.5 Å². The van der Waals surface area contributed by atoms with E-state index in [1.165, 1.54) is 4.90 Å². The van der Waals surface area contributed by atoms with Gasteiger partial charge in [0.1, 0.15) is 5.75 Å². The van der Waals surface area contributed by atoms with Gasteiger partial charge in [-0.1, -0.05) is 0 Å². The summed E-state index contributed by atoms with van der Waals surface area (Å²) in [6, 6.07) is 9.62. The summed E-state index contributed by atoms with van der Waals surface area (Å²) in [5.74, 6) is 0.580. The van der Waals surface area contributed by atoms with Gasteiger partial charge in [-0.15, -0.1) is 0 Å². The topological polar surface area (TPSA) is 51.5 Å². The normalized spacial score (nSPS) is 16.4. The van der Waals surface area contributed by atoms with Gasteiger partial charge >= 0.3 is 0 Å². The number of nitrogens with zero attached hydrogens (tertiary/aromatic N) is 2. The van der Waals surface area contributed by atoms with E-state index in [9.17, 15) is 9.59 Å². The largest absolute Gasteiger partial charge is 0.497 e. The molecule has 1 aromatic heterocycles. The third-order valence-electron chi connectivity index (χ3n) is 4.02. The fraction of sp³-hybridized carbons (Fsp3) is 0.263. The van der Waals surface area contributed by atoms with E-state index in [0.717, 1.165) is 34.5 Å². The highest BCUT2D eigenvalue weighted by atomic mass is 32.2. The quantitative estimate of drug-likeness (QED) is 0.769. The zero-order chi connectivity index (χ0) is 18.1. The second-order valence-electron chi connectivity index (χ2n) is 6.13. The first-order valence-electron chi connectivity index (χ1n) is 8.01. The minimum Gasteiger partial charge on any atom is -0.497 e. The van der Waals surface area contributed by atoms with Crippen molar-refractivity contribution in [3.63, 3.8) is 0 Å². The van der Waals surface area contributed by atoms with Crippen LogP contribution in [0.1, 0.15) is 25.1 Å². The van der Waals surface area contributed by atoms with Crippen molar-refractivity contribution < 1.29 is 14.3 Å². The van der Waals surface area contributed by atoms with Gasteiger partial charge in [-0.2, -0.15) is 0 Å². The fourth-order valence-corrected chi connectivity index (χ4v) is 3.74. The van der Waals surface area contributed by atoms with E-state index < -0.39 is 0 Å². The van der Waals surface area contributed by atoms with Crippen LogP contribution in [0.15, 0.2) is 41.4 Å². The molecule has 2 aromatic rings. The molecule has 1 fully saturated rings. The second-order valence-corrected chi connectivity index (χ2v) is 7.12. The third kappa shape index (κ3) is 3.35. The lowest BCUT2D eigenvalue weighted by atomic mass is 10.2. The number of imide groups is 1. The minimum absolute atomic E-state index is 0.135. The van der Waals surface area contributed by atoms with Crippen molar-refractivity contribution in [2.45, 2.75) is 26.8 Å². The molecule has 0 radical (unpaired) electrons. The molecular formula is C19H20N2O3S. The lowest BCUT2D eigenvalue weighted by Crippen LogP contribution is -2.34. The molecule has 3 rings (SSSR count). The molecule has 2 heterocycles. The summed E-state index contributed by atoms with van der Waals surface area (Å²) in [6.07, 6.45) is 3.74. The second kappa shape index (κ2) is 6.80. The van der Waals surface area contributed by atoms with Crippen LogP contribution >= 0.6 is 11.8 Å².